The lowest BCUT2D eigenvalue weighted by molar-refractivity contribution is -0.153. The van der Waals surface area contributed by atoms with Crippen LogP contribution in [0.3, 0.4) is 0 Å². The molecule has 2 saturated heterocycles. The number of carbonyl (C=O) groups is 3. The van der Waals surface area contributed by atoms with Crippen LogP contribution < -0.4 is 0 Å². The molecule has 0 spiro atoms. The summed E-state index contributed by atoms with van der Waals surface area (Å²) in [5.74, 6) is -1.41. The van der Waals surface area contributed by atoms with E-state index in [0.717, 1.165) is 0 Å². The lowest BCUT2D eigenvalue weighted by Crippen LogP contribution is -2.43. The molecule has 2 fully saturated rings. The fourth-order valence-electron chi connectivity index (χ4n) is 3.51. The minimum Gasteiger partial charge on any atom is -0.479 e. The minimum atomic E-state index is -1.19. The summed E-state index contributed by atoms with van der Waals surface area (Å²) >= 11 is 0. The molecule has 26 heavy (non-hydrogen) atoms. The summed E-state index contributed by atoms with van der Waals surface area (Å²) in [7, 11) is 0. The third kappa shape index (κ3) is 2.89. The molecule has 0 radical (unpaired) electrons. The van der Waals surface area contributed by atoms with Crippen molar-refractivity contribution >= 4 is 17.7 Å². The Kier molecular flexibility index (Phi) is 4.38. The molecule has 138 valence electrons. The van der Waals surface area contributed by atoms with Gasteiger partial charge in [-0.2, -0.15) is 0 Å². The van der Waals surface area contributed by atoms with Crippen LogP contribution in [0.2, 0.25) is 0 Å². The summed E-state index contributed by atoms with van der Waals surface area (Å²) in [4.78, 5) is 36.9. The molecular formula is C20H22O6. The van der Waals surface area contributed by atoms with Gasteiger partial charge in [0.2, 0.25) is 5.78 Å². The van der Waals surface area contributed by atoms with Crippen LogP contribution in [0.25, 0.3) is 0 Å². The molecule has 0 aliphatic carbocycles. The van der Waals surface area contributed by atoms with Gasteiger partial charge in [-0.1, -0.05) is 19.2 Å². The molecule has 0 N–H and O–H groups in total. The Bertz CT molecular complexity index is 786. The molecule has 3 aliphatic heterocycles. The predicted molar refractivity (Wildman–Crippen MR) is 92.8 cm³/mol. The molecule has 0 amide bonds. The molecule has 0 saturated carbocycles. The van der Waals surface area contributed by atoms with E-state index in [9.17, 15) is 14.4 Å². The van der Waals surface area contributed by atoms with Crippen molar-refractivity contribution in [3.8, 4) is 0 Å². The van der Waals surface area contributed by atoms with E-state index >= 15 is 0 Å². The maximum Gasteiger partial charge on any atom is 0.334 e. The van der Waals surface area contributed by atoms with Gasteiger partial charge in [0, 0.05) is 30.1 Å². The van der Waals surface area contributed by atoms with Gasteiger partial charge in [-0.15, -0.1) is 0 Å². The van der Waals surface area contributed by atoms with Crippen molar-refractivity contribution in [2.75, 3.05) is 0 Å². The van der Waals surface area contributed by atoms with Crippen molar-refractivity contribution in [2.24, 2.45) is 5.92 Å². The lowest BCUT2D eigenvalue weighted by atomic mass is 9.81. The van der Waals surface area contributed by atoms with Crippen LogP contribution in [0.15, 0.2) is 47.8 Å². The van der Waals surface area contributed by atoms with E-state index in [2.05, 4.69) is 13.2 Å². The number of ketones is 1. The normalized spacial score (nSPS) is 34.2. The van der Waals surface area contributed by atoms with E-state index in [1.54, 1.807) is 26.8 Å². The average Bonchev–Trinajstić information content (AvgIpc) is 3.03. The highest BCUT2D eigenvalue weighted by Gasteiger charge is 2.52. The van der Waals surface area contributed by atoms with Crippen molar-refractivity contribution in [1.82, 2.24) is 0 Å². The zero-order valence-corrected chi connectivity index (χ0v) is 15.2. The summed E-state index contributed by atoms with van der Waals surface area (Å²) in [6, 6.07) is 0. The Morgan fingerprint density at radius 2 is 2.08 bits per heavy atom. The average molecular weight is 358 g/mol. The van der Waals surface area contributed by atoms with Crippen molar-refractivity contribution in [3.05, 3.63) is 47.8 Å². The Balaban J connectivity index is 2.02. The van der Waals surface area contributed by atoms with E-state index in [-0.39, 0.29) is 24.2 Å². The van der Waals surface area contributed by atoms with Gasteiger partial charge in [-0.3, -0.25) is 4.79 Å². The van der Waals surface area contributed by atoms with Crippen LogP contribution >= 0.6 is 0 Å². The third-order valence-electron chi connectivity index (χ3n) is 5.24. The summed E-state index contributed by atoms with van der Waals surface area (Å²) in [5.41, 5.74) is 0.0514. The fraction of sp³-hybridized carbons (Fsp3) is 0.450. The highest BCUT2D eigenvalue weighted by Crippen LogP contribution is 2.44. The molecular weight excluding hydrogens is 336 g/mol. The number of hydrogen-bond donors (Lipinski definition) is 0. The fourth-order valence-corrected chi connectivity index (χ4v) is 3.51. The van der Waals surface area contributed by atoms with Crippen LogP contribution in [-0.4, -0.2) is 35.5 Å². The van der Waals surface area contributed by atoms with Crippen molar-refractivity contribution in [1.29, 1.82) is 0 Å². The van der Waals surface area contributed by atoms with Crippen molar-refractivity contribution in [3.63, 3.8) is 0 Å². The SMILES string of the molecule is C=C1CC2OC(=O)C(=C)C2C(OC(=O)/C(C)=C\C)CC2(C)OC1=CC2=O. The van der Waals surface area contributed by atoms with E-state index in [4.69, 9.17) is 14.2 Å². The predicted octanol–water partition coefficient (Wildman–Crippen LogP) is 2.55. The van der Waals surface area contributed by atoms with E-state index in [1.165, 1.54) is 6.08 Å². The quantitative estimate of drug-likeness (QED) is 0.558. The molecule has 6 nitrogen and oxygen atoms in total. The molecule has 3 rings (SSSR count). The minimum absolute atomic E-state index is 0.0959. The topological polar surface area (TPSA) is 78.9 Å². The van der Waals surface area contributed by atoms with Crippen LogP contribution in [-0.2, 0) is 28.6 Å². The van der Waals surface area contributed by atoms with Gasteiger partial charge in [-0.25, -0.2) is 9.59 Å². The second-order valence-corrected chi connectivity index (χ2v) is 7.13. The van der Waals surface area contributed by atoms with Crippen LogP contribution in [0.1, 0.15) is 33.6 Å². The zero-order valence-electron chi connectivity index (χ0n) is 15.2. The maximum absolute atomic E-state index is 12.5. The smallest absolute Gasteiger partial charge is 0.334 e. The maximum atomic E-state index is 12.5. The first-order valence-corrected chi connectivity index (χ1v) is 8.53. The monoisotopic (exact) mass is 358 g/mol. The third-order valence-corrected chi connectivity index (χ3v) is 5.24. The first-order valence-electron chi connectivity index (χ1n) is 8.53. The molecule has 4 atom stereocenters. The summed E-state index contributed by atoms with van der Waals surface area (Å²) in [6.07, 6.45) is 2.08. The molecule has 3 heterocycles. The number of ether oxygens (including phenoxy) is 3. The summed E-state index contributed by atoms with van der Waals surface area (Å²) in [6.45, 7) is 12.8. The number of carbonyl (C=O) groups excluding carboxylic acids is 3. The van der Waals surface area contributed by atoms with Crippen LogP contribution in [0.4, 0.5) is 0 Å². The molecule has 4 unspecified atom stereocenters. The number of rotatable bonds is 2. The lowest BCUT2D eigenvalue weighted by Gasteiger charge is -2.31. The van der Waals surface area contributed by atoms with Gasteiger partial charge in [-0.05, 0) is 26.3 Å². The van der Waals surface area contributed by atoms with Gasteiger partial charge in [0.05, 0.1) is 5.92 Å². The van der Waals surface area contributed by atoms with E-state index < -0.39 is 35.7 Å². The second kappa shape index (κ2) is 6.27. The molecule has 0 aromatic rings. The largest absolute Gasteiger partial charge is 0.479 e. The van der Waals surface area contributed by atoms with Gasteiger partial charge in [0.15, 0.2) is 5.60 Å². The zero-order chi connectivity index (χ0) is 19.2. The van der Waals surface area contributed by atoms with Crippen LogP contribution in [0.5, 0.6) is 0 Å². The molecule has 0 aromatic heterocycles. The molecule has 3 aliphatic rings. The van der Waals surface area contributed by atoms with Gasteiger partial charge in [0.25, 0.3) is 0 Å². The highest BCUT2D eigenvalue weighted by molar-refractivity contribution is 6.00. The standard InChI is InChI=1S/C20H22O6/c1-6-10(2)18(22)25-15-9-20(5)16(21)8-13(26-20)11(3)7-14-17(15)12(4)19(23)24-14/h6,8,14-15,17H,3-4,7,9H2,1-2,5H3/b10-6-. The van der Waals surface area contributed by atoms with Crippen molar-refractivity contribution < 1.29 is 28.6 Å². The molecule has 0 aromatic carbocycles. The van der Waals surface area contributed by atoms with E-state index in [1.807, 2.05) is 0 Å². The number of esters is 2. The van der Waals surface area contributed by atoms with Crippen molar-refractivity contribution in [2.45, 2.75) is 51.4 Å². The Labute approximate surface area is 152 Å². The van der Waals surface area contributed by atoms with E-state index in [0.29, 0.717) is 16.9 Å². The molecule has 6 heteroatoms. The number of allylic oxidation sites excluding steroid dienone is 2. The molecule has 2 bridgehead atoms. The number of hydrogen-bond acceptors (Lipinski definition) is 6. The van der Waals surface area contributed by atoms with Crippen LogP contribution in [0, 0.1) is 5.92 Å². The Morgan fingerprint density at radius 1 is 1.38 bits per heavy atom. The van der Waals surface area contributed by atoms with Gasteiger partial charge >= 0.3 is 11.9 Å². The highest BCUT2D eigenvalue weighted by atomic mass is 16.6. The van der Waals surface area contributed by atoms with Gasteiger partial charge < -0.3 is 14.2 Å². The second-order valence-electron chi connectivity index (χ2n) is 7.13. The first kappa shape index (κ1) is 18.2. The first-order chi connectivity index (χ1) is 12.2. The van der Waals surface area contributed by atoms with Gasteiger partial charge in [0.1, 0.15) is 18.0 Å². The number of fused-ring (bicyclic) bond motifs is 3. The summed E-state index contributed by atoms with van der Waals surface area (Å²) < 4.78 is 17.0. The Hall–Kier alpha value is -2.63. The summed E-state index contributed by atoms with van der Waals surface area (Å²) in [5, 5.41) is 0. The Morgan fingerprint density at radius 3 is 2.73 bits per heavy atom.